The third-order valence-corrected chi connectivity index (χ3v) is 2.81. The third-order valence-electron chi connectivity index (χ3n) is 2.81. The Labute approximate surface area is 129 Å². The zero-order valence-electron chi connectivity index (χ0n) is 13.2. The van der Waals surface area contributed by atoms with E-state index >= 15 is 0 Å². The average Bonchev–Trinajstić information content (AvgIpc) is 2.52. The van der Waals surface area contributed by atoms with E-state index < -0.39 is 5.97 Å². The number of benzene rings is 1. The van der Waals surface area contributed by atoms with Crippen LogP contribution in [0.5, 0.6) is 17.2 Å². The van der Waals surface area contributed by atoms with Gasteiger partial charge >= 0.3 is 5.97 Å². The summed E-state index contributed by atoms with van der Waals surface area (Å²) in [7, 11) is 4.48. The molecule has 0 unspecified atom stereocenters. The van der Waals surface area contributed by atoms with Gasteiger partial charge in [0.2, 0.25) is 11.7 Å². The lowest BCUT2D eigenvalue weighted by atomic mass is 10.2. The summed E-state index contributed by atoms with van der Waals surface area (Å²) in [6.07, 6.45) is 0.0690. The largest absolute Gasteiger partial charge is 0.493 e. The van der Waals surface area contributed by atoms with Gasteiger partial charge < -0.3 is 24.3 Å². The Hall–Kier alpha value is -2.44. The van der Waals surface area contributed by atoms with E-state index in [0.29, 0.717) is 29.5 Å². The maximum absolute atomic E-state index is 11.8. The first-order chi connectivity index (χ1) is 10.5. The van der Waals surface area contributed by atoms with Crippen molar-refractivity contribution in [3.05, 3.63) is 12.1 Å². The first-order valence-electron chi connectivity index (χ1n) is 6.81. The first-order valence-corrected chi connectivity index (χ1v) is 6.81. The second-order valence-corrected chi connectivity index (χ2v) is 4.27. The second-order valence-electron chi connectivity index (χ2n) is 4.27. The van der Waals surface area contributed by atoms with Crippen molar-refractivity contribution in [3.8, 4) is 17.2 Å². The highest BCUT2D eigenvalue weighted by molar-refractivity contribution is 5.93. The number of carbonyl (C=O) groups is 2. The molecule has 0 radical (unpaired) electrons. The molecule has 1 aromatic carbocycles. The van der Waals surface area contributed by atoms with Crippen LogP contribution in [0.3, 0.4) is 0 Å². The highest BCUT2D eigenvalue weighted by Crippen LogP contribution is 2.39. The smallest absolute Gasteiger partial charge is 0.306 e. The summed E-state index contributed by atoms with van der Waals surface area (Å²) in [6.45, 7) is 2.02. The number of rotatable bonds is 8. The number of methoxy groups -OCH3 is 3. The van der Waals surface area contributed by atoms with Crippen molar-refractivity contribution >= 4 is 17.6 Å². The predicted octanol–water partition coefficient (Wildman–Crippen LogP) is 1.99. The van der Waals surface area contributed by atoms with E-state index in [2.05, 4.69) is 5.32 Å². The highest BCUT2D eigenvalue weighted by Gasteiger charge is 2.15. The topological polar surface area (TPSA) is 83.1 Å². The zero-order valence-corrected chi connectivity index (χ0v) is 13.2. The molecule has 22 heavy (non-hydrogen) atoms. The fourth-order valence-corrected chi connectivity index (χ4v) is 1.83. The van der Waals surface area contributed by atoms with Crippen molar-refractivity contribution in [3.63, 3.8) is 0 Å². The van der Waals surface area contributed by atoms with Crippen molar-refractivity contribution < 1.29 is 28.5 Å². The summed E-state index contributed by atoms with van der Waals surface area (Å²) in [4.78, 5) is 23.1. The minimum Gasteiger partial charge on any atom is -0.493 e. The van der Waals surface area contributed by atoms with Gasteiger partial charge in [0.1, 0.15) is 0 Å². The molecule has 0 atom stereocenters. The van der Waals surface area contributed by atoms with Crippen LogP contribution in [0, 0.1) is 0 Å². The molecule has 0 aliphatic rings. The standard InChI is InChI=1S/C15H21NO6/c1-5-22-14(18)7-6-13(17)16-10-8-11(19-2)15(21-4)12(9-10)20-3/h8-9H,5-7H2,1-4H3,(H,16,17). The minimum atomic E-state index is -0.400. The molecule has 0 fully saturated rings. The van der Waals surface area contributed by atoms with Crippen LogP contribution in [0.25, 0.3) is 0 Å². The summed E-state index contributed by atoms with van der Waals surface area (Å²) in [5.41, 5.74) is 0.489. The molecular weight excluding hydrogens is 290 g/mol. The van der Waals surface area contributed by atoms with Crippen molar-refractivity contribution in [1.29, 1.82) is 0 Å². The summed E-state index contributed by atoms with van der Waals surface area (Å²) < 4.78 is 20.4. The fraction of sp³-hybridized carbons (Fsp3) is 0.467. The summed E-state index contributed by atoms with van der Waals surface area (Å²) in [5, 5.41) is 2.68. The molecule has 7 heteroatoms. The molecule has 0 heterocycles. The number of carbonyl (C=O) groups excluding carboxylic acids is 2. The Bertz CT molecular complexity index is 504. The van der Waals surface area contributed by atoms with Gasteiger partial charge in [-0.3, -0.25) is 9.59 Å². The number of amides is 1. The van der Waals surface area contributed by atoms with E-state index in [1.54, 1.807) is 19.1 Å². The summed E-state index contributed by atoms with van der Waals surface area (Å²) in [5.74, 6) is 0.601. The minimum absolute atomic E-state index is 0.0318. The molecule has 0 aliphatic heterocycles. The Balaban J connectivity index is 2.76. The Morgan fingerprint density at radius 2 is 1.59 bits per heavy atom. The van der Waals surface area contributed by atoms with Crippen LogP contribution >= 0.6 is 0 Å². The summed E-state index contributed by atoms with van der Waals surface area (Å²) >= 11 is 0. The van der Waals surface area contributed by atoms with Gasteiger partial charge in [-0.25, -0.2) is 0 Å². The van der Waals surface area contributed by atoms with Crippen LogP contribution < -0.4 is 19.5 Å². The van der Waals surface area contributed by atoms with Crippen molar-refractivity contribution in [2.45, 2.75) is 19.8 Å². The lowest BCUT2D eigenvalue weighted by Crippen LogP contribution is -2.14. The molecule has 1 amide bonds. The Kier molecular flexibility index (Phi) is 7.01. The van der Waals surface area contributed by atoms with Gasteiger partial charge in [0.15, 0.2) is 11.5 Å². The predicted molar refractivity (Wildman–Crippen MR) is 80.6 cm³/mol. The van der Waals surface area contributed by atoms with Crippen LogP contribution in [-0.4, -0.2) is 39.8 Å². The van der Waals surface area contributed by atoms with Crippen LogP contribution in [0.4, 0.5) is 5.69 Å². The van der Waals surface area contributed by atoms with Crippen molar-refractivity contribution in [2.75, 3.05) is 33.3 Å². The molecule has 0 spiro atoms. The van der Waals surface area contributed by atoms with E-state index in [0.717, 1.165) is 0 Å². The normalized spacial score (nSPS) is 9.82. The Morgan fingerprint density at radius 1 is 1.00 bits per heavy atom. The number of hydrogen-bond acceptors (Lipinski definition) is 6. The van der Waals surface area contributed by atoms with Crippen molar-refractivity contribution in [2.24, 2.45) is 0 Å². The van der Waals surface area contributed by atoms with E-state index in [9.17, 15) is 9.59 Å². The molecule has 0 aromatic heterocycles. The maximum atomic E-state index is 11.8. The van der Waals surface area contributed by atoms with E-state index in [-0.39, 0.29) is 18.7 Å². The van der Waals surface area contributed by atoms with Crippen molar-refractivity contribution in [1.82, 2.24) is 0 Å². The highest BCUT2D eigenvalue weighted by atomic mass is 16.5. The van der Waals surface area contributed by atoms with Crippen LogP contribution in [-0.2, 0) is 14.3 Å². The van der Waals surface area contributed by atoms with E-state index in [1.165, 1.54) is 21.3 Å². The Morgan fingerprint density at radius 3 is 2.05 bits per heavy atom. The third kappa shape index (κ3) is 4.83. The number of anilines is 1. The molecule has 1 N–H and O–H groups in total. The van der Waals surface area contributed by atoms with Gasteiger partial charge in [0, 0.05) is 24.2 Å². The van der Waals surface area contributed by atoms with Gasteiger partial charge in [-0.15, -0.1) is 0 Å². The molecule has 0 saturated carbocycles. The number of esters is 1. The quantitative estimate of drug-likeness (QED) is 0.739. The van der Waals surface area contributed by atoms with Gasteiger partial charge in [-0.1, -0.05) is 0 Å². The molecule has 0 saturated heterocycles. The van der Waals surface area contributed by atoms with Gasteiger partial charge in [0.25, 0.3) is 0 Å². The molecule has 122 valence electrons. The average molecular weight is 311 g/mol. The molecule has 0 aliphatic carbocycles. The molecule has 7 nitrogen and oxygen atoms in total. The van der Waals surface area contributed by atoms with Crippen LogP contribution in [0.1, 0.15) is 19.8 Å². The molecular formula is C15H21NO6. The fourth-order valence-electron chi connectivity index (χ4n) is 1.83. The van der Waals surface area contributed by atoms with Gasteiger partial charge in [-0.2, -0.15) is 0 Å². The second kappa shape index (κ2) is 8.76. The first kappa shape index (κ1) is 17.6. The number of ether oxygens (including phenoxy) is 4. The molecule has 1 rings (SSSR count). The SMILES string of the molecule is CCOC(=O)CCC(=O)Nc1cc(OC)c(OC)c(OC)c1. The van der Waals surface area contributed by atoms with Gasteiger partial charge in [0.05, 0.1) is 34.4 Å². The zero-order chi connectivity index (χ0) is 16.5. The lowest BCUT2D eigenvalue weighted by molar-refractivity contribution is -0.144. The van der Waals surface area contributed by atoms with Crippen LogP contribution in [0.2, 0.25) is 0 Å². The number of hydrogen-bond donors (Lipinski definition) is 1. The summed E-state index contributed by atoms with van der Waals surface area (Å²) in [6, 6.07) is 3.23. The number of nitrogens with one attached hydrogen (secondary N) is 1. The maximum Gasteiger partial charge on any atom is 0.306 e. The lowest BCUT2D eigenvalue weighted by Gasteiger charge is -2.14. The van der Waals surface area contributed by atoms with Gasteiger partial charge in [-0.05, 0) is 6.92 Å². The van der Waals surface area contributed by atoms with E-state index in [1.807, 2.05) is 0 Å². The van der Waals surface area contributed by atoms with E-state index in [4.69, 9.17) is 18.9 Å². The molecule has 0 bridgehead atoms. The van der Waals surface area contributed by atoms with Crippen LogP contribution in [0.15, 0.2) is 12.1 Å². The monoisotopic (exact) mass is 311 g/mol. The molecule has 1 aromatic rings.